The maximum Gasteiger partial charge on any atom is 0.251 e. The van der Waals surface area contributed by atoms with Crippen LogP contribution in [0.5, 0.6) is 0 Å². The number of carbonyl (C=O) groups is 1. The van der Waals surface area contributed by atoms with E-state index in [2.05, 4.69) is 20.2 Å². The zero-order valence-corrected chi connectivity index (χ0v) is 19.8. The standard InChI is InChI=1S/C26H30FN5O3/c1-2-18-13-22-23(30-25(18)33)11-17(14-28-22)15-31-6-8-32(9-7-31)24-4-3-19(12-21(24)27)26(34)29-20-5-10-35-16-20/h3-4,11-14,20H,2,5-10,15-16H2,1H3,(H,29,34)(H,30,33)/t20-/m1/s1. The first-order chi connectivity index (χ1) is 17.0. The number of aromatic nitrogens is 2. The molecule has 4 heterocycles. The number of pyridine rings is 2. The number of hydrogen-bond donors (Lipinski definition) is 2. The molecule has 0 radical (unpaired) electrons. The average molecular weight is 480 g/mol. The van der Waals surface area contributed by atoms with Crippen LogP contribution in [0.2, 0.25) is 0 Å². The summed E-state index contributed by atoms with van der Waals surface area (Å²) in [6.07, 6.45) is 3.31. The molecular weight excluding hydrogens is 449 g/mol. The molecule has 2 aromatic heterocycles. The molecule has 3 aromatic rings. The van der Waals surface area contributed by atoms with Crippen LogP contribution < -0.4 is 15.8 Å². The Kier molecular flexibility index (Phi) is 6.79. The van der Waals surface area contributed by atoms with Gasteiger partial charge in [0.2, 0.25) is 0 Å². The summed E-state index contributed by atoms with van der Waals surface area (Å²) in [4.78, 5) is 36.3. The lowest BCUT2D eigenvalue weighted by atomic mass is 10.1. The number of nitrogens with one attached hydrogen (secondary N) is 2. The topological polar surface area (TPSA) is 90.6 Å². The minimum absolute atomic E-state index is 0.00909. The number of amides is 1. The second-order valence-corrected chi connectivity index (χ2v) is 9.22. The minimum atomic E-state index is -0.386. The van der Waals surface area contributed by atoms with Crippen molar-refractivity contribution in [3.05, 3.63) is 69.4 Å². The maximum absolute atomic E-state index is 14.9. The predicted molar refractivity (Wildman–Crippen MR) is 132 cm³/mol. The van der Waals surface area contributed by atoms with Gasteiger partial charge in [-0.1, -0.05) is 6.92 Å². The van der Waals surface area contributed by atoms with E-state index in [1.807, 2.05) is 30.2 Å². The molecule has 2 N–H and O–H groups in total. The van der Waals surface area contributed by atoms with E-state index in [4.69, 9.17) is 4.74 Å². The van der Waals surface area contributed by atoms with E-state index in [0.29, 0.717) is 50.5 Å². The van der Waals surface area contributed by atoms with Gasteiger partial charge in [-0.15, -0.1) is 0 Å². The van der Waals surface area contributed by atoms with Crippen LogP contribution in [0.15, 0.2) is 41.3 Å². The van der Waals surface area contributed by atoms with Crippen LogP contribution in [-0.2, 0) is 17.7 Å². The van der Waals surface area contributed by atoms with Crippen LogP contribution in [-0.4, -0.2) is 66.2 Å². The smallest absolute Gasteiger partial charge is 0.251 e. The fraction of sp³-hybridized carbons (Fsp3) is 0.423. The largest absolute Gasteiger partial charge is 0.379 e. The molecule has 0 bridgehead atoms. The molecule has 35 heavy (non-hydrogen) atoms. The number of anilines is 1. The second kappa shape index (κ2) is 10.1. The maximum atomic E-state index is 14.9. The van der Waals surface area contributed by atoms with Gasteiger partial charge in [0, 0.05) is 56.7 Å². The van der Waals surface area contributed by atoms with Gasteiger partial charge in [0.25, 0.3) is 11.5 Å². The Bertz CT molecular complexity index is 1280. The molecule has 2 saturated heterocycles. The van der Waals surface area contributed by atoms with Crippen molar-refractivity contribution < 1.29 is 13.9 Å². The lowest BCUT2D eigenvalue weighted by molar-refractivity contribution is 0.0929. The van der Waals surface area contributed by atoms with Gasteiger partial charge in [-0.25, -0.2) is 4.39 Å². The molecule has 1 atom stereocenters. The van der Waals surface area contributed by atoms with Crippen LogP contribution in [0.3, 0.4) is 0 Å². The van der Waals surface area contributed by atoms with E-state index in [9.17, 15) is 14.0 Å². The summed E-state index contributed by atoms with van der Waals surface area (Å²) < 4.78 is 20.2. The number of halogens is 1. The normalized spacial score (nSPS) is 18.8. The number of piperazine rings is 1. The molecule has 1 amide bonds. The van der Waals surface area contributed by atoms with Crippen molar-refractivity contribution in [3.8, 4) is 0 Å². The lowest BCUT2D eigenvalue weighted by Crippen LogP contribution is -2.46. The van der Waals surface area contributed by atoms with Gasteiger partial charge in [0.1, 0.15) is 5.82 Å². The zero-order valence-electron chi connectivity index (χ0n) is 19.8. The van der Waals surface area contributed by atoms with Crippen molar-refractivity contribution in [1.29, 1.82) is 0 Å². The van der Waals surface area contributed by atoms with Crippen LogP contribution in [0, 0.1) is 5.82 Å². The van der Waals surface area contributed by atoms with Crippen LogP contribution >= 0.6 is 0 Å². The van der Waals surface area contributed by atoms with E-state index in [-0.39, 0.29) is 23.3 Å². The molecular formula is C26H30FN5O3. The average Bonchev–Trinajstić information content (AvgIpc) is 3.37. The molecule has 2 fully saturated rings. The highest BCUT2D eigenvalue weighted by molar-refractivity contribution is 5.94. The van der Waals surface area contributed by atoms with E-state index in [1.54, 1.807) is 12.1 Å². The van der Waals surface area contributed by atoms with Gasteiger partial charge in [0.05, 0.1) is 29.4 Å². The third-order valence-electron chi connectivity index (χ3n) is 6.80. The number of fused-ring (bicyclic) bond motifs is 1. The van der Waals surface area contributed by atoms with Crippen molar-refractivity contribution >= 4 is 22.6 Å². The SMILES string of the molecule is CCc1cc2ncc(CN3CCN(c4ccc(C(=O)N[C@@H]5CCOC5)cc4F)CC3)cc2[nH]c1=O. The first-order valence-corrected chi connectivity index (χ1v) is 12.2. The van der Waals surface area contributed by atoms with Crippen molar-refractivity contribution in [2.45, 2.75) is 32.4 Å². The van der Waals surface area contributed by atoms with Crippen molar-refractivity contribution in [3.63, 3.8) is 0 Å². The zero-order chi connectivity index (χ0) is 24.4. The van der Waals surface area contributed by atoms with Crippen LogP contribution in [0.1, 0.15) is 34.8 Å². The molecule has 0 unspecified atom stereocenters. The Morgan fingerprint density at radius 1 is 1.23 bits per heavy atom. The highest BCUT2D eigenvalue weighted by atomic mass is 19.1. The van der Waals surface area contributed by atoms with Crippen LogP contribution in [0.25, 0.3) is 11.0 Å². The summed E-state index contributed by atoms with van der Waals surface area (Å²) >= 11 is 0. The Morgan fingerprint density at radius 3 is 2.77 bits per heavy atom. The minimum Gasteiger partial charge on any atom is -0.379 e. The fourth-order valence-corrected chi connectivity index (χ4v) is 4.74. The number of rotatable bonds is 6. The summed E-state index contributed by atoms with van der Waals surface area (Å²) in [5, 5.41) is 2.89. The summed E-state index contributed by atoms with van der Waals surface area (Å²) in [7, 11) is 0. The van der Waals surface area contributed by atoms with Gasteiger partial charge in [0.15, 0.2) is 0 Å². The number of carbonyl (C=O) groups excluding carboxylic acids is 1. The van der Waals surface area contributed by atoms with Crippen molar-refractivity contribution in [1.82, 2.24) is 20.2 Å². The van der Waals surface area contributed by atoms with Crippen LogP contribution in [0.4, 0.5) is 10.1 Å². The first-order valence-electron chi connectivity index (χ1n) is 12.2. The Hall–Kier alpha value is -3.30. The number of aryl methyl sites for hydroxylation is 1. The molecule has 0 saturated carbocycles. The Morgan fingerprint density at radius 2 is 2.06 bits per heavy atom. The summed E-state index contributed by atoms with van der Waals surface area (Å²) in [6.45, 7) is 6.71. The number of benzene rings is 1. The molecule has 9 heteroatoms. The van der Waals surface area contributed by atoms with E-state index in [1.165, 1.54) is 6.07 Å². The molecule has 2 aliphatic rings. The molecule has 1 aromatic carbocycles. The Balaban J connectivity index is 1.19. The van der Waals surface area contributed by atoms with Gasteiger partial charge >= 0.3 is 0 Å². The molecule has 2 aliphatic heterocycles. The third-order valence-corrected chi connectivity index (χ3v) is 6.80. The molecule has 184 valence electrons. The van der Waals surface area contributed by atoms with E-state index >= 15 is 0 Å². The number of nitrogens with zero attached hydrogens (tertiary/aromatic N) is 3. The van der Waals surface area contributed by atoms with Crippen molar-refractivity contribution in [2.75, 3.05) is 44.3 Å². The second-order valence-electron chi connectivity index (χ2n) is 9.22. The third kappa shape index (κ3) is 5.21. The quantitative estimate of drug-likeness (QED) is 0.565. The molecule has 8 nitrogen and oxygen atoms in total. The number of aromatic amines is 1. The van der Waals surface area contributed by atoms with E-state index in [0.717, 1.165) is 41.7 Å². The highest BCUT2D eigenvalue weighted by Gasteiger charge is 2.22. The van der Waals surface area contributed by atoms with Gasteiger partial charge in [-0.05, 0) is 48.7 Å². The number of hydrogen-bond acceptors (Lipinski definition) is 6. The van der Waals surface area contributed by atoms with Gasteiger partial charge < -0.3 is 19.9 Å². The fourth-order valence-electron chi connectivity index (χ4n) is 4.74. The molecule has 0 spiro atoms. The summed E-state index contributed by atoms with van der Waals surface area (Å²) in [6, 6.07) is 8.52. The number of ether oxygens (including phenoxy) is 1. The van der Waals surface area contributed by atoms with Crippen molar-refractivity contribution in [2.24, 2.45) is 0 Å². The summed E-state index contributed by atoms with van der Waals surface area (Å²) in [5.74, 6) is -0.657. The monoisotopic (exact) mass is 479 g/mol. The molecule has 5 rings (SSSR count). The predicted octanol–water partition coefficient (Wildman–Crippen LogP) is 2.47. The molecule has 0 aliphatic carbocycles. The highest BCUT2D eigenvalue weighted by Crippen LogP contribution is 2.23. The number of H-pyrrole nitrogens is 1. The van der Waals surface area contributed by atoms with Gasteiger partial charge in [-0.2, -0.15) is 0 Å². The van der Waals surface area contributed by atoms with E-state index < -0.39 is 0 Å². The summed E-state index contributed by atoms with van der Waals surface area (Å²) in [5.41, 5.74) is 4.07. The lowest BCUT2D eigenvalue weighted by Gasteiger charge is -2.36. The van der Waals surface area contributed by atoms with Gasteiger partial charge in [-0.3, -0.25) is 19.5 Å². The first kappa shape index (κ1) is 23.4. The Labute approximate surface area is 203 Å².